The van der Waals surface area contributed by atoms with Gasteiger partial charge in [0, 0.05) is 36.2 Å². The predicted octanol–water partition coefficient (Wildman–Crippen LogP) is 1.80. The van der Waals surface area contributed by atoms with Crippen LogP contribution in [0.4, 0.5) is 27.7 Å². The zero-order valence-electron chi connectivity index (χ0n) is 21.5. The summed E-state index contributed by atoms with van der Waals surface area (Å²) in [6.07, 6.45) is 1.56. The molecule has 0 bridgehead atoms. The normalized spacial score (nSPS) is 17.0. The van der Waals surface area contributed by atoms with Crippen LogP contribution in [0.5, 0.6) is 5.75 Å². The van der Waals surface area contributed by atoms with E-state index in [1.165, 1.54) is 13.2 Å². The number of methoxy groups -OCH3 is 1. The lowest BCUT2D eigenvalue weighted by molar-refractivity contribution is -0.117. The first kappa shape index (κ1) is 19.5. The molecule has 0 atom stereocenters. The van der Waals surface area contributed by atoms with E-state index in [9.17, 15) is 14.4 Å². The number of morpholine rings is 1. The maximum Gasteiger partial charge on any atom is 0.322 e. The van der Waals surface area contributed by atoms with Gasteiger partial charge in [-0.1, -0.05) is 6.07 Å². The van der Waals surface area contributed by atoms with Crippen LogP contribution >= 0.6 is 0 Å². The number of hydrogen-bond donors (Lipinski definition) is 4. The van der Waals surface area contributed by atoms with E-state index in [2.05, 4.69) is 26.1 Å². The Morgan fingerprint density at radius 1 is 1.12 bits per heavy atom. The van der Waals surface area contributed by atoms with Crippen molar-refractivity contribution in [2.24, 2.45) is 5.92 Å². The van der Waals surface area contributed by atoms with Crippen LogP contribution in [0.25, 0.3) is 0 Å². The van der Waals surface area contributed by atoms with Crippen LogP contribution < -0.4 is 26.0 Å². The lowest BCUT2D eigenvalue weighted by Crippen LogP contribution is -2.43. The van der Waals surface area contributed by atoms with Gasteiger partial charge in [-0.05, 0) is 25.0 Å². The minimum absolute atomic E-state index is 0.0674. The third-order valence-corrected chi connectivity index (χ3v) is 5.35. The summed E-state index contributed by atoms with van der Waals surface area (Å²) in [6, 6.07) is 5.99. The van der Waals surface area contributed by atoms with Crippen molar-refractivity contribution >= 4 is 40.7 Å². The Morgan fingerprint density at radius 2 is 1.88 bits per heavy atom. The van der Waals surface area contributed by atoms with E-state index in [0.717, 1.165) is 12.8 Å². The number of aromatic nitrogens is 2. The molecule has 180 valence electrons. The highest BCUT2D eigenvalue weighted by atomic mass is 16.5. The molecular formula is C22H27N7O5. The zero-order valence-corrected chi connectivity index (χ0v) is 18.5. The summed E-state index contributed by atoms with van der Waals surface area (Å²) in [4.78, 5) is 39.2. The van der Waals surface area contributed by atoms with E-state index in [1.54, 1.807) is 23.1 Å². The third kappa shape index (κ3) is 5.34. The molecule has 1 aromatic carbocycles. The maximum absolute atomic E-state index is 12.7. The number of nitrogens with one attached hydrogen (secondary N) is 4. The van der Waals surface area contributed by atoms with Crippen LogP contribution in [0.15, 0.2) is 24.3 Å². The molecule has 4 N–H and O–H groups in total. The lowest BCUT2D eigenvalue weighted by atomic mass is 10.2. The van der Waals surface area contributed by atoms with E-state index in [-0.39, 0.29) is 40.8 Å². The van der Waals surface area contributed by atoms with Crippen LogP contribution in [-0.4, -0.2) is 73.3 Å². The van der Waals surface area contributed by atoms with Crippen molar-refractivity contribution in [1.82, 2.24) is 20.4 Å². The number of para-hydroxylation sites is 1. The second-order valence-corrected chi connectivity index (χ2v) is 7.75. The van der Waals surface area contributed by atoms with Crippen molar-refractivity contribution in [2.75, 3.05) is 56.3 Å². The lowest BCUT2D eigenvalue weighted by Gasteiger charge is -2.27. The van der Waals surface area contributed by atoms with E-state index < -0.39 is 12.9 Å². The first-order valence-electron chi connectivity index (χ1n) is 12.2. The number of ether oxygens (including phenoxy) is 2. The SMILES string of the molecule is [2H]C([2H])([2H])NC(=O)c1nnc(NC(=O)C2CC2)cc1Nc1cccc(NC(=O)N2CCOCC2)c1OC. The molecule has 1 saturated heterocycles. The van der Waals surface area contributed by atoms with Gasteiger partial charge in [-0.2, -0.15) is 0 Å². The van der Waals surface area contributed by atoms with E-state index in [1.807, 2.05) is 5.32 Å². The molecule has 1 aliphatic carbocycles. The fraction of sp³-hybridized carbons (Fsp3) is 0.409. The number of carbonyl (C=O) groups is 3. The topological polar surface area (TPSA) is 147 Å². The number of amides is 4. The largest absolute Gasteiger partial charge is 0.492 e. The highest BCUT2D eigenvalue weighted by Crippen LogP contribution is 2.36. The summed E-state index contributed by atoms with van der Waals surface area (Å²) in [5.74, 6) is -0.966. The molecule has 2 aliphatic rings. The molecule has 1 aliphatic heterocycles. The number of rotatable bonds is 7. The molecule has 0 unspecified atom stereocenters. The Kier molecular flexibility index (Phi) is 5.94. The Morgan fingerprint density at radius 3 is 2.59 bits per heavy atom. The number of nitrogens with zero attached hydrogens (tertiary/aromatic N) is 3. The fourth-order valence-corrected chi connectivity index (χ4v) is 3.41. The first-order chi connectivity index (χ1) is 17.6. The summed E-state index contributed by atoms with van der Waals surface area (Å²) >= 11 is 0. The number of hydrogen-bond acceptors (Lipinski definition) is 8. The standard InChI is InChI=1S/C22H27N7O5/c1-23-21(31)18-16(12-17(27-28-18)26-20(30)13-6-7-13)24-14-4-3-5-15(19(14)33-2)25-22(32)29-8-10-34-11-9-29/h3-5,12-13H,6-11H2,1-2H3,(H,23,31)(H,25,32)(H2,24,26,27,30)/i1D3. The summed E-state index contributed by atoms with van der Waals surface area (Å²) in [5, 5.41) is 18.1. The Labute approximate surface area is 200 Å². The number of carbonyl (C=O) groups excluding carboxylic acids is 3. The predicted molar refractivity (Wildman–Crippen MR) is 124 cm³/mol. The van der Waals surface area contributed by atoms with Gasteiger partial charge in [0.2, 0.25) is 5.91 Å². The third-order valence-electron chi connectivity index (χ3n) is 5.35. The molecule has 12 nitrogen and oxygen atoms in total. The molecule has 4 rings (SSSR count). The highest BCUT2D eigenvalue weighted by Gasteiger charge is 2.30. The van der Waals surface area contributed by atoms with Gasteiger partial charge in [-0.3, -0.25) is 9.59 Å². The van der Waals surface area contributed by atoms with Crippen LogP contribution in [0.2, 0.25) is 0 Å². The minimum Gasteiger partial charge on any atom is -0.492 e. The average Bonchev–Trinajstić information content (AvgIpc) is 3.70. The van der Waals surface area contributed by atoms with Gasteiger partial charge in [-0.15, -0.1) is 10.2 Å². The summed E-state index contributed by atoms with van der Waals surface area (Å²) in [6.45, 7) is -0.960. The van der Waals surface area contributed by atoms with Gasteiger partial charge in [0.1, 0.15) is 0 Å². The summed E-state index contributed by atoms with van der Waals surface area (Å²) in [7, 11) is 1.42. The maximum atomic E-state index is 12.7. The van der Waals surface area contributed by atoms with Gasteiger partial charge in [0.15, 0.2) is 17.3 Å². The molecule has 4 amide bonds. The van der Waals surface area contributed by atoms with E-state index in [0.29, 0.717) is 37.7 Å². The number of benzene rings is 1. The van der Waals surface area contributed by atoms with Crippen LogP contribution in [-0.2, 0) is 9.53 Å². The van der Waals surface area contributed by atoms with Crippen molar-refractivity contribution in [1.29, 1.82) is 0 Å². The molecule has 0 spiro atoms. The van der Waals surface area contributed by atoms with Gasteiger partial charge in [-0.25, -0.2) is 4.79 Å². The second kappa shape index (κ2) is 10.3. The fourth-order valence-electron chi connectivity index (χ4n) is 3.41. The molecule has 2 aromatic rings. The average molecular weight is 473 g/mol. The smallest absolute Gasteiger partial charge is 0.322 e. The molecule has 2 fully saturated rings. The quantitative estimate of drug-likeness (QED) is 0.477. The van der Waals surface area contributed by atoms with Crippen LogP contribution in [0, 0.1) is 5.92 Å². The minimum atomic E-state index is -2.75. The van der Waals surface area contributed by atoms with Crippen molar-refractivity contribution in [3.05, 3.63) is 30.0 Å². The van der Waals surface area contributed by atoms with Crippen molar-refractivity contribution in [3.8, 4) is 5.75 Å². The van der Waals surface area contributed by atoms with Crippen molar-refractivity contribution < 1.29 is 28.0 Å². The number of urea groups is 1. The molecule has 0 radical (unpaired) electrons. The van der Waals surface area contributed by atoms with E-state index >= 15 is 0 Å². The summed E-state index contributed by atoms with van der Waals surface area (Å²) in [5.41, 5.74) is 0.461. The number of anilines is 4. The van der Waals surface area contributed by atoms with Crippen LogP contribution in [0.3, 0.4) is 0 Å². The summed E-state index contributed by atoms with van der Waals surface area (Å²) < 4.78 is 32.8. The molecule has 1 saturated carbocycles. The molecule has 2 heterocycles. The molecule has 1 aromatic heterocycles. The van der Waals surface area contributed by atoms with Gasteiger partial charge in [0.05, 0.1) is 37.4 Å². The van der Waals surface area contributed by atoms with Gasteiger partial charge >= 0.3 is 6.03 Å². The zero-order chi connectivity index (χ0) is 26.6. The first-order valence-corrected chi connectivity index (χ1v) is 10.7. The Hall–Kier alpha value is -3.93. The molecule has 34 heavy (non-hydrogen) atoms. The molecular weight excluding hydrogens is 442 g/mol. The Balaban J connectivity index is 1.62. The van der Waals surface area contributed by atoms with Crippen molar-refractivity contribution in [2.45, 2.75) is 12.8 Å². The monoisotopic (exact) mass is 472 g/mol. The molecule has 12 heteroatoms. The van der Waals surface area contributed by atoms with Gasteiger partial charge < -0.3 is 35.6 Å². The van der Waals surface area contributed by atoms with Gasteiger partial charge in [0.25, 0.3) is 5.91 Å². The van der Waals surface area contributed by atoms with E-state index in [4.69, 9.17) is 13.6 Å². The highest BCUT2D eigenvalue weighted by molar-refractivity contribution is 6.00. The van der Waals surface area contributed by atoms with Crippen molar-refractivity contribution in [3.63, 3.8) is 0 Å². The second-order valence-electron chi connectivity index (χ2n) is 7.75. The van der Waals surface area contributed by atoms with Crippen LogP contribution in [0.1, 0.15) is 27.4 Å². The Bertz CT molecular complexity index is 1180.